The Bertz CT molecular complexity index is 1120. The van der Waals surface area contributed by atoms with Crippen molar-refractivity contribution in [1.82, 2.24) is 15.5 Å². The minimum absolute atomic E-state index is 0.0884. The van der Waals surface area contributed by atoms with Crippen LogP contribution in [0.1, 0.15) is 37.7 Å². The maximum Gasteiger partial charge on any atom is 0.338 e. The summed E-state index contributed by atoms with van der Waals surface area (Å²) in [6.07, 6.45) is 0. The molecule has 0 bridgehead atoms. The number of thioether (sulfide) groups is 1. The van der Waals surface area contributed by atoms with Gasteiger partial charge in [0, 0.05) is 18.0 Å². The summed E-state index contributed by atoms with van der Waals surface area (Å²) in [4.78, 5) is 36.2. The van der Waals surface area contributed by atoms with Gasteiger partial charge >= 0.3 is 5.97 Å². The van der Waals surface area contributed by atoms with E-state index in [4.69, 9.17) is 9.47 Å². The third-order valence-corrected chi connectivity index (χ3v) is 6.47. The number of methoxy groups -OCH3 is 1. The van der Waals surface area contributed by atoms with E-state index < -0.39 is 11.9 Å². The Balaban J connectivity index is 1.40. The fourth-order valence-electron chi connectivity index (χ4n) is 2.72. The molecule has 178 valence electrons. The lowest BCUT2D eigenvalue weighted by Gasteiger charge is -2.06. The highest BCUT2D eigenvalue weighted by molar-refractivity contribution is 7.99. The molecule has 2 N–H and O–H groups in total. The highest BCUT2D eigenvalue weighted by Gasteiger charge is 2.14. The van der Waals surface area contributed by atoms with Crippen molar-refractivity contribution in [2.75, 3.05) is 24.8 Å². The number of rotatable bonds is 11. The van der Waals surface area contributed by atoms with Gasteiger partial charge < -0.3 is 20.1 Å². The highest BCUT2D eigenvalue weighted by Crippen LogP contribution is 2.19. The van der Waals surface area contributed by atoms with Crippen LogP contribution in [-0.2, 0) is 21.8 Å². The molecule has 0 aliphatic carbocycles. The number of hydrogen-bond acceptors (Lipinski definition) is 9. The molecule has 0 spiro atoms. The molecule has 2 aromatic carbocycles. The van der Waals surface area contributed by atoms with Gasteiger partial charge in [-0.15, -0.1) is 22.0 Å². The van der Waals surface area contributed by atoms with Gasteiger partial charge in [-0.1, -0.05) is 23.5 Å². The lowest BCUT2D eigenvalue weighted by atomic mass is 10.2. The number of hydrogen-bond donors (Lipinski definition) is 2. The Labute approximate surface area is 205 Å². The summed E-state index contributed by atoms with van der Waals surface area (Å²) in [6, 6.07) is 13.9. The molecule has 2 amide bonds. The van der Waals surface area contributed by atoms with Crippen molar-refractivity contribution >= 4 is 46.6 Å². The molecule has 0 unspecified atom stereocenters. The van der Waals surface area contributed by atoms with Crippen LogP contribution >= 0.6 is 23.1 Å². The lowest BCUT2D eigenvalue weighted by Crippen LogP contribution is -2.24. The third-order valence-electron chi connectivity index (χ3n) is 4.42. The van der Waals surface area contributed by atoms with Gasteiger partial charge in [0.05, 0.1) is 25.0 Å². The van der Waals surface area contributed by atoms with E-state index >= 15 is 0 Å². The number of carbonyl (C=O) groups is 3. The average molecular weight is 501 g/mol. The number of nitrogens with one attached hydrogen (secondary N) is 2. The van der Waals surface area contributed by atoms with Gasteiger partial charge in [0.2, 0.25) is 10.9 Å². The van der Waals surface area contributed by atoms with Crippen molar-refractivity contribution in [1.29, 1.82) is 0 Å². The molecule has 0 aliphatic heterocycles. The first-order valence-corrected chi connectivity index (χ1v) is 12.3. The normalized spacial score (nSPS) is 10.4. The molecule has 0 saturated carbocycles. The van der Waals surface area contributed by atoms with Crippen LogP contribution in [0.4, 0.5) is 5.69 Å². The van der Waals surface area contributed by atoms with E-state index in [9.17, 15) is 14.4 Å². The van der Waals surface area contributed by atoms with Gasteiger partial charge in [-0.25, -0.2) is 4.79 Å². The number of aromatic nitrogens is 2. The molecule has 0 atom stereocenters. The quantitative estimate of drug-likeness (QED) is 0.384. The number of benzene rings is 2. The minimum atomic E-state index is -0.416. The molecule has 0 fully saturated rings. The molecule has 3 aromatic rings. The van der Waals surface area contributed by atoms with Crippen LogP contribution in [0.2, 0.25) is 0 Å². The van der Waals surface area contributed by atoms with Crippen LogP contribution in [-0.4, -0.2) is 47.5 Å². The van der Waals surface area contributed by atoms with Gasteiger partial charge in [0.1, 0.15) is 10.8 Å². The average Bonchev–Trinajstić information content (AvgIpc) is 3.33. The molecule has 1 aromatic heterocycles. The van der Waals surface area contributed by atoms with Crippen LogP contribution < -0.4 is 15.4 Å². The largest absolute Gasteiger partial charge is 0.497 e. The van der Waals surface area contributed by atoms with E-state index in [1.807, 2.05) is 24.3 Å². The summed E-state index contributed by atoms with van der Waals surface area (Å²) in [5.41, 5.74) is 1.91. The van der Waals surface area contributed by atoms with E-state index in [0.29, 0.717) is 35.2 Å². The van der Waals surface area contributed by atoms with E-state index in [-0.39, 0.29) is 16.7 Å². The Morgan fingerprint density at radius 1 is 1.03 bits per heavy atom. The van der Waals surface area contributed by atoms with Crippen LogP contribution in [0.15, 0.2) is 48.5 Å². The third kappa shape index (κ3) is 7.56. The number of anilines is 1. The minimum Gasteiger partial charge on any atom is -0.497 e. The Morgan fingerprint density at radius 3 is 2.44 bits per heavy atom. The second-order valence-electron chi connectivity index (χ2n) is 6.87. The van der Waals surface area contributed by atoms with E-state index in [1.165, 1.54) is 23.1 Å². The zero-order chi connectivity index (χ0) is 24.3. The zero-order valence-electron chi connectivity index (χ0n) is 18.7. The van der Waals surface area contributed by atoms with Crippen molar-refractivity contribution in [3.63, 3.8) is 0 Å². The van der Waals surface area contributed by atoms with E-state index in [2.05, 4.69) is 20.8 Å². The second-order valence-corrected chi connectivity index (χ2v) is 8.92. The summed E-state index contributed by atoms with van der Waals surface area (Å²) in [6.45, 7) is 2.47. The smallest absolute Gasteiger partial charge is 0.338 e. The van der Waals surface area contributed by atoms with Crippen molar-refractivity contribution in [3.05, 3.63) is 69.7 Å². The van der Waals surface area contributed by atoms with Gasteiger partial charge in [0.25, 0.3) is 5.91 Å². The molecule has 34 heavy (non-hydrogen) atoms. The number of ether oxygens (including phenoxy) is 2. The maximum atomic E-state index is 12.4. The van der Waals surface area contributed by atoms with Crippen LogP contribution in [0.25, 0.3) is 0 Å². The van der Waals surface area contributed by atoms with Gasteiger partial charge in [-0.3, -0.25) is 9.59 Å². The zero-order valence-corrected chi connectivity index (χ0v) is 20.3. The van der Waals surface area contributed by atoms with E-state index in [0.717, 1.165) is 11.3 Å². The Kier molecular flexibility index (Phi) is 9.41. The van der Waals surface area contributed by atoms with Gasteiger partial charge in [0.15, 0.2) is 0 Å². The van der Waals surface area contributed by atoms with Crippen LogP contribution in [0.5, 0.6) is 5.75 Å². The predicted octanol–water partition coefficient (Wildman–Crippen LogP) is 3.53. The van der Waals surface area contributed by atoms with E-state index in [1.54, 1.807) is 38.3 Å². The molecule has 9 nitrogen and oxygen atoms in total. The highest BCUT2D eigenvalue weighted by atomic mass is 32.2. The first-order chi connectivity index (χ1) is 16.5. The molecular weight excluding hydrogens is 476 g/mol. The van der Waals surface area contributed by atoms with Crippen molar-refractivity contribution in [2.24, 2.45) is 0 Å². The SMILES string of the molecule is CCOC(=O)c1ccc(NC(=O)c2nnc(CSCC(=O)NCc3ccc(OC)cc3)s2)cc1. The monoisotopic (exact) mass is 500 g/mol. The van der Waals surface area contributed by atoms with Crippen LogP contribution in [0, 0.1) is 0 Å². The summed E-state index contributed by atoms with van der Waals surface area (Å²) in [5.74, 6) is 0.604. The maximum absolute atomic E-state index is 12.4. The molecule has 0 saturated heterocycles. The molecule has 11 heteroatoms. The van der Waals surface area contributed by atoms with Crippen molar-refractivity contribution in [3.8, 4) is 5.75 Å². The standard InChI is InChI=1S/C23H24N4O5S2/c1-3-32-23(30)16-6-8-17(9-7-16)25-21(29)22-27-26-20(34-22)14-33-13-19(28)24-12-15-4-10-18(31-2)11-5-15/h4-11H,3,12-14H2,1-2H3,(H,24,28)(H,25,29). The second kappa shape index (κ2) is 12.7. The molecule has 0 radical (unpaired) electrons. The summed E-state index contributed by atoms with van der Waals surface area (Å²) in [5, 5.41) is 14.4. The van der Waals surface area contributed by atoms with Crippen molar-refractivity contribution < 1.29 is 23.9 Å². The number of carbonyl (C=O) groups excluding carboxylic acids is 3. The number of nitrogens with zero attached hydrogens (tertiary/aromatic N) is 2. The Morgan fingerprint density at radius 2 is 1.76 bits per heavy atom. The van der Waals surface area contributed by atoms with Gasteiger partial charge in [-0.2, -0.15) is 0 Å². The summed E-state index contributed by atoms with van der Waals surface area (Å²) < 4.78 is 10.0. The van der Waals surface area contributed by atoms with Crippen molar-refractivity contribution in [2.45, 2.75) is 19.2 Å². The van der Waals surface area contributed by atoms with Gasteiger partial charge in [-0.05, 0) is 48.9 Å². The fourth-order valence-corrected chi connectivity index (χ4v) is 4.36. The molecule has 1 heterocycles. The number of amides is 2. The first kappa shape index (κ1) is 25.2. The molecule has 0 aliphatic rings. The molecule has 3 rings (SSSR count). The first-order valence-electron chi connectivity index (χ1n) is 10.4. The number of esters is 1. The fraction of sp³-hybridized carbons (Fsp3) is 0.261. The Hall–Kier alpha value is -3.44. The van der Waals surface area contributed by atoms with Crippen LogP contribution in [0.3, 0.4) is 0 Å². The lowest BCUT2D eigenvalue weighted by molar-refractivity contribution is -0.118. The summed E-state index contributed by atoms with van der Waals surface area (Å²) >= 11 is 2.56. The molecular formula is C23H24N4O5S2. The summed E-state index contributed by atoms with van der Waals surface area (Å²) in [7, 11) is 1.61. The predicted molar refractivity (Wildman–Crippen MR) is 131 cm³/mol. The topological polar surface area (TPSA) is 120 Å².